The van der Waals surface area contributed by atoms with Crippen LogP contribution in [0.2, 0.25) is 0 Å². The first-order valence-corrected chi connectivity index (χ1v) is 6.54. The van der Waals surface area contributed by atoms with Crippen molar-refractivity contribution in [2.75, 3.05) is 5.32 Å². The van der Waals surface area contributed by atoms with Crippen molar-refractivity contribution in [3.63, 3.8) is 0 Å². The van der Waals surface area contributed by atoms with E-state index in [1.165, 1.54) is 0 Å². The van der Waals surface area contributed by atoms with Crippen LogP contribution in [-0.2, 0) is 4.74 Å². The molecule has 2 heterocycles. The number of fused-ring (bicyclic) bond motifs is 1. The summed E-state index contributed by atoms with van der Waals surface area (Å²) in [6.07, 6.45) is 2.85. The third kappa shape index (κ3) is 3.89. The number of anilines is 1. The molecule has 0 bridgehead atoms. The standard InChI is InChI=1S/C13H14BrN3O2/c1-13(2,3)19-12(18)17-11-5-8-4-10(14)15-6-9(8)7-16-11/h4-7H,1-3H3,(H,16,17,18). The monoisotopic (exact) mass is 323 g/mol. The van der Waals surface area contributed by atoms with Crippen molar-refractivity contribution in [2.45, 2.75) is 26.4 Å². The Balaban J connectivity index is 2.19. The lowest BCUT2D eigenvalue weighted by Gasteiger charge is -2.19. The molecule has 0 saturated carbocycles. The van der Waals surface area contributed by atoms with E-state index in [-0.39, 0.29) is 0 Å². The number of nitrogens with zero attached hydrogens (tertiary/aromatic N) is 2. The van der Waals surface area contributed by atoms with E-state index in [1.54, 1.807) is 18.5 Å². The summed E-state index contributed by atoms with van der Waals surface area (Å²) in [5, 5.41) is 4.44. The molecule has 5 nitrogen and oxygen atoms in total. The third-order valence-corrected chi connectivity index (χ3v) is 2.63. The number of hydrogen-bond acceptors (Lipinski definition) is 4. The van der Waals surface area contributed by atoms with Crippen LogP contribution in [0.15, 0.2) is 29.1 Å². The molecule has 19 heavy (non-hydrogen) atoms. The fraction of sp³-hybridized carbons (Fsp3) is 0.308. The number of nitrogens with one attached hydrogen (secondary N) is 1. The van der Waals surface area contributed by atoms with Crippen molar-refractivity contribution in [2.24, 2.45) is 0 Å². The summed E-state index contributed by atoms with van der Waals surface area (Å²) < 4.78 is 5.90. The molecule has 2 aromatic rings. The molecule has 1 N–H and O–H groups in total. The lowest BCUT2D eigenvalue weighted by atomic mass is 10.2. The topological polar surface area (TPSA) is 64.1 Å². The van der Waals surface area contributed by atoms with Gasteiger partial charge >= 0.3 is 6.09 Å². The molecule has 0 radical (unpaired) electrons. The Labute approximate surface area is 119 Å². The molecule has 0 atom stereocenters. The maximum absolute atomic E-state index is 11.6. The third-order valence-electron chi connectivity index (χ3n) is 2.20. The van der Waals surface area contributed by atoms with E-state index in [0.717, 1.165) is 15.4 Å². The summed E-state index contributed by atoms with van der Waals surface area (Å²) in [6, 6.07) is 3.63. The van der Waals surface area contributed by atoms with Gasteiger partial charge in [0.05, 0.1) is 0 Å². The summed E-state index contributed by atoms with van der Waals surface area (Å²) in [4.78, 5) is 19.9. The van der Waals surface area contributed by atoms with E-state index in [4.69, 9.17) is 4.74 Å². The number of halogens is 1. The van der Waals surface area contributed by atoms with Gasteiger partial charge in [0.1, 0.15) is 16.0 Å². The van der Waals surface area contributed by atoms with Crippen LogP contribution in [0.25, 0.3) is 10.8 Å². The molecule has 0 unspecified atom stereocenters. The van der Waals surface area contributed by atoms with Gasteiger partial charge in [-0.1, -0.05) is 0 Å². The van der Waals surface area contributed by atoms with Crippen LogP contribution in [0.3, 0.4) is 0 Å². The molecule has 0 spiro atoms. The summed E-state index contributed by atoms with van der Waals surface area (Å²) in [6.45, 7) is 5.43. The number of rotatable bonds is 1. The van der Waals surface area contributed by atoms with Gasteiger partial charge in [-0.2, -0.15) is 0 Å². The second kappa shape index (κ2) is 5.13. The second-order valence-corrected chi connectivity index (χ2v) is 5.86. The number of hydrogen-bond donors (Lipinski definition) is 1. The van der Waals surface area contributed by atoms with Crippen LogP contribution in [0, 0.1) is 0 Å². The first-order valence-electron chi connectivity index (χ1n) is 5.75. The molecule has 0 aliphatic carbocycles. The van der Waals surface area contributed by atoms with Crippen LogP contribution >= 0.6 is 15.9 Å². The maximum atomic E-state index is 11.6. The molecule has 2 rings (SSSR count). The highest BCUT2D eigenvalue weighted by Gasteiger charge is 2.16. The minimum absolute atomic E-state index is 0.444. The van der Waals surface area contributed by atoms with E-state index >= 15 is 0 Å². The molecule has 2 aromatic heterocycles. The van der Waals surface area contributed by atoms with E-state index in [1.807, 2.05) is 26.8 Å². The van der Waals surface area contributed by atoms with Gasteiger partial charge in [-0.15, -0.1) is 0 Å². The molecule has 0 fully saturated rings. The Morgan fingerprint density at radius 2 is 1.89 bits per heavy atom. The molecular weight excluding hydrogens is 310 g/mol. The highest BCUT2D eigenvalue weighted by molar-refractivity contribution is 9.10. The van der Waals surface area contributed by atoms with Gasteiger partial charge in [0.25, 0.3) is 0 Å². The lowest BCUT2D eigenvalue weighted by Crippen LogP contribution is -2.27. The minimum Gasteiger partial charge on any atom is -0.444 e. The number of carbonyl (C=O) groups is 1. The van der Waals surface area contributed by atoms with Crippen molar-refractivity contribution in [3.05, 3.63) is 29.1 Å². The second-order valence-electron chi connectivity index (χ2n) is 5.05. The molecule has 100 valence electrons. The SMILES string of the molecule is CC(C)(C)OC(=O)Nc1cc2cc(Br)ncc2cn1. The molecule has 0 aromatic carbocycles. The van der Waals surface area contributed by atoms with Gasteiger partial charge < -0.3 is 4.74 Å². The number of ether oxygens (including phenoxy) is 1. The Kier molecular flexibility index (Phi) is 3.71. The van der Waals surface area contributed by atoms with Gasteiger partial charge in [0.15, 0.2) is 0 Å². The fourth-order valence-electron chi connectivity index (χ4n) is 1.49. The Morgan fingerprint density at radius 3 is 2.58 bits per heavy atom. The van der Waals surface area contributed by atoms with Crippen LogP contribution in [0.1, 0.15) is 20.8 Å². The van der Waals surface area contributed by atoms with Crippen LogP contribution in [0.4, 0.5) is 10.6 Å². The predicted octanol–water partition coefficient (Wildman–Crippen LogP) is 3.74. The Bertz CT molecular complexity index is 623. The van der Waals surface area contributed by atoms with E-state index in [9.17, 15) is 4.79 Å². The van der Waals surface area contributed by atoms with Crippen LogP contribution < -0.4 is 5.32 Å². The first kappa shape index (κ1) is 13.7. The van der Waals surface area contributed by atoms with Gasteiger partial charge in [-0.25, -0.2) is 14.8 Å². The Hall–Kier alpha value is -1.69. The highest BCUT2D eigenvalue weighted by atomic mass is 79.9. The summed E-state index contributed by atoms with van der Waals surface area (Å²) in [7, 11) is 0. The highest BCUT2D eigenvalue weighted by Crippen LogP contribution is 2.19. The first-order chi connectivity index (χ1) is 8.83. The predicted molar refractivity (Wildman–Crippen MR) is 77.1 cm³/mol. The Morgan fingerprint density at radius 1 is 1.21 bits per heavy atom. The van der Waals surface area contributed by atoms with Crippen LogP contribution in [0.5, 0.6) is 0 Å². The van der Waals surface area contributed by atoms with E-state index < -0.39 is 11.7 Å². The van der Waals surface area contributed by atoms with E-state index in [2.05, 4.69) is 31.2 Å². The normalized spacial score (nSPS) is 11.4. The quantitative estimate of drug-likeness (QED) is 0.812. The molecular formula is C13H14BrN3O2. The van der Waals surface area contributed by atoms with Crippen molar-refractivity contribution in [1.82, 2.24) is 9.97 Å². The van der Waals surface area contributed by atoms with Gasteiger partial charge in [-0.05, 0) is 54.2 Å². The minimum atomic E-state index is -0.534. The number of amides is 1. The summed E-state index contributed by atoms with van der Waals surface area (Å²) in [5.74, 6) is 0.444. The zero-order valence-corrected chi connectivity index (χ0v) is 12.5. The van der Waals surface area contributed by atoms with Crippen LogP contribution in [-0.4, -0.2) is 21.7 Å². The van der Waals surface area contributed by atoms with Crippen molar-refractivity contribution in [3.8, 4) is 0 Å². The fourth-order valence-corrected chi connectivity index (χ4v) is 1.84. The zero-order valence-electron chi connectivity index (χ0n) is 10.9. The van der Waals surface area contributed by atoms with Crippen molar-refractivity contribution >= 4 is 38.6 Å². The lowest BCUT2D eigenvalue weighted by molar-refractivity contribution is 0.0635. The van der Waals surface area contributed by atoms with E-state index in [0.29, 0.717) is 5.82 Å². The smallest absolute Gasteiger partial charge is 0.413 e. The molecule has 0 aliphatic rings. The summed E-state index contributed by atoms with van der Waals surface area (Å²) in [5.41, 5.74) is -0.534. The largest absolute Gasteiger partial charge is 0.444 e. The van der Waals surface area contributed by atoms with Gasteiger partial charge in [0, 0.05) is 17.8 Å². The number of pyridine rings is 2. The van der Waals surface area contributed by atoms with Gasteiger partial charge in [-0.3, -0.25) is 5.32 Å². The van der Waals surface area contributed by atoms with Gasteiger partial charge in [0.2, 0.25) is 0 Å². The number of aromatic nitrogens is 2. The molecule has 6 heteroatoms. The molecule has 1 amide bonds. The molecule has 0 aliphatic heterocycles. The number of carbonyl (C=O) groups excluding carboxylic acids is 1. The average Bonchev–Trinajstić information content (AvgIpc) is 2.25. The van der Waals surface area contributed by atoms with Crippen molar-refractivity contribution < 1.29 is 9.53 Å². The zero-order chi connectivity index (χ0) is 14.0. The average molecular weight is 324 g/mol. The molecule has 0 saturated heterocycles. The summed E-state index contributed by atoms with van der Waals surface area (Å²) >= 11 is 3.30. The maximum Gasteiger partial charge on any atom is 0.413 e. The van der Waals surface area contributed by atoms with Crippen molar-refractivity contribution in [1.29, 1.82) is 0 Å².